The maximum absolute atomic E-state index is 4.99. The fraction of sp³-hybridized carbons (Fsp3) is 0.650. The highest BCUT2D eigenvalue weighted by Gasteiger charge is 2.21. The van der Waals surface area contributed by atoms with Gasteiger partial charge in [0.05, 0.1) is 15.2 Å². The molecule has 1 aromatic heterocycles. The molecule has 2 aromatic rings. The standard InChI is InChI=1S/C20H29N3S/c1-14-5-7-17(21-12-14)16-6-8-19-18(11-16)22-20(24-19)15(2)13-23-9-3-4-10-23/h6,8,11,14-15,17,21H,3-5,7,9-10,12-13H2,1-2H3/t14-,15+,17+/m0/s1. The minimum absolute atomic E-state index is 0.512. The Morgan fingerprint density at radius 2 is 2.12 bits per heavy atom. The number of likely N-dealkylation sites (tertiary alicyclic amines) is 1. The van der Waals surface area contributed by atoms with Gasteiger partial charge in [-0.3, -0.25) is 0 Å². The monoisotopic (exact) mass is 343 g/mol. The summed E-state index contributed by atoms with van der Waals surface area (Å²) in [5.41, 5.74) is 2.61. The maximum atomic E-state index is 4.99. The summed E-state index contributed by atoms with van der Waals surface area (Å²) < 4.78 is 1.34. The minimum Gasteiger partial charge on any atom is -0.310 e. The number of nitrogens with one attached hydrogen (secondary N) is 1. The minimum atomic E-state index is 0.512. The highest BCUT2D eigenvalue weighted by molar-refractivity contribution is 7.18. The van der Waals surface area contributed by atoms with Crippen molar-refractivity contribution in [1.29, 1.82) is 0 Å². The van der Waals surface area contributed by atoms with Gasteiger partial charge in [0, 0.05) is 18.5 Å². The summed E-state index contributed by atoms with van der Waals surface area (Å²) in [6.45, 7) is 9.50. The van der Waals surface area contributed by atoms with Crippen molar-refractivity contribution in [1.82, 2.24) is 15.2 Å². The third-order valence-corrected chi connectivity index (χ3v) is 6.91. The Bertz CT molecular complexity index is 681. The number of thiazole rings is 1. The van der Waals surface area contributed by atoms with E-state index in [1.807, 2.05) is 11.3 Å². The van der Waals surface area contributed by atoms with Gasteiger partial charge in [0.2, 0.25) is 0 Å². The van der Waals surface area contributed by atoms with Crippen LogP contribution in [0, 0.1) is 5.92 Å². The zero-order valence-electron chi connectivity index (χ0n) is 14.9. The largest absolute Gasteiger partial charge is 0.310 e. The normalized spacial score (nSPS) is 26.9. The summed E-state index contributed by atoms with van der Waals surface area (Å²) in [5, 5.41) is 5.00. The lowest BCUT2D eigenvalue weighted by Gasteiger charge is -2.28. The number of rotatable bonds is 4. The first-order valence-corrected chi connectivity index (χ1v) is 10.4. The van der Waals surface area contributed by atoms with E-state index in [-0.39, 0.29) is 0 Å². The molecule has 3 atom stereocenters. The first-order valence-electron chi connectivity index (χ1n) is 9.55. The number of hydrogen-bond acceptors (Lipinski definition) is 4. The van der Waals surface area contributed by atoms with Crippen molar-refractivity contribution >= 4 is 21.6 Å². The molecule has 130 valence electrons. The van der Waals surface area contributed by atoms with Crippen LogP contribution in [0.5, 0.6) is 0 Å². The van der Waals surface area contributed by atoms with Crippen LogP contribution < -0.4 is 5.32 Å². The quantitative estimate of drug-likeness (QED) is 0.882. The number of hydrogen-bond donors (Lipinski definition) is 1. The lowest BCUT2D eigenvalue weighted by Crippen LogP contribution is -2.31. The van der Waals surface area contributed by atoms with Gasteiger partial charge in [-0.15, -0.1) is 11.3 Å². The molecule has 3 nitrogen and oxygen atoms in total. The van der Waals surface area contributed by atoms with Crippen molar-refractivity contribution in [3.8, 4) is 0 Å². The number of piperidine rings is 1. The third kappa shape index (κ3) is 3.51. The molecule has 0 aliphatic carbocycles. The van der Waals surface area contributed by atoms with Gasteiger partial charge in [-0.2, -0.15) is 0 Å². The molecule has 0 spiro atoms. The Hall–Kier alpha value is -0.970. The maximum Gasteiger partial charge on any atom is 0.0979 e. The van der Waals surface area contributed by atoms with Crippen LogP contribution in [-0.2, 0) is 0 Å². The zero-order valence-corrected chi connectivity index (χ0v) is 15.7. The summed E-state index contributed by atoms with van der Waals surface area (Å²) in [6.07, 6.45) is 5.30. The molecule has 0 amide bonds. The van der Waals surface area contributed by atoms with E-state index >= 15 is 0 Å². The summed E-state index contributed by atoms with van der Waals surface area (Å²) in [6, 6.07) is 7.43. The molecular weight excluding hydrogens is 314 g/mol. The molecule has 4 heteroatoms. The van der Waals surface area contributed by atoms with Crippen LogP contribution in [0.25, 0.3) is 10.2 Å². The molecule has 0 radical (unpaired) electrons. The smallest absolute Gasteiger partial charge is 0.0979 e. The van der Waals surface area contributed by atoms with E-state index in [2.05, 4.69) is 42.3 Å². The van der Waals surface area contributed by atoms with Crippen LogP contribution in [0.4, 0.5) is 0 Å². The molecule has 2 aliphatic heterocycles. The van der Waals surface area contributed by atoms with Crippen molar-refractivity contribution in [2.45, 2.75) is 51.5 Å². The summed E-state index contributed by atoms with van der Waals surface area (Å²) >= 11 is 1.89. The predicted molar refractivity (Wildman–Crippen MR) is 103 cm³/mol. The Morgan fingerprint density at radius 3 is 2.88 bits per heavy atom. The van der Waals surface area contributed by atoms with Crippen LogP contribution in [0.15, 0.2) is 18.2 Å². The second kappa shape index (κ2) is 7.11. The van der Waals surface area contributed by atoms with Gasteiger partial charge in [0.15, 0.2) is 0 Å². The molecule has 4 rings (SSSR count). The fourth-order valence-corrected chi connectivity index (χ4v) is 5.09. The van der Waals surface area contributed by atoms with Gasteiger partial charge < -0.3 is 10.2 Å². The number of nitrogens with zero attached hydrogens (tertiary/aromatic N) is 2. The topological polar surface area (TPSA) is 28.2 Å². The molecule has 1 N–H and O–H groups in total. The van der Waals surface area contributed by atoms with Gasteiger partial charge in [-0.25, -0.2) is 4.98 Å². The molecule has 2 aliphatic rings. The van der Waals surface area contributed by atoms with E-state index in [4.69, 9.17) is 4.98 Å². The molecule has 24 heavy (non-hydrogen) atoms. The Balaban J connectivity index is 1.50. The Labute approximate surface area is 149 Å². The molecule has 2 fully saturated rings. The second-order valence-electron chi connectivity index (χ2n) is 7.83. The van der Waals surface area contributed by atoms with Crippen molar-refractivity contribution in [2.75, 3.05) is 26.2 Å². The van der Waals surface area contributed by atoms with Crippen LogP contribution in [-0.4, -0.2) is 36.1 Å². The highest BCUT2D eigenvalue weighted by atomic mass is 32.1. The molecule has 3 heterocycles. The van der Waals surface area contributed by atoms with E-state index in [1.54, 1.807) is 0 Å². The van der Waals surface area contributed by atoms with Crippen LogP contribution in [0.1, 0.15) is 62.1 Å². The third-order valence-electron chi connectivity index (χ3n) is 5.64. The predicted octanol–water partition coefficient (Wildman–Crippen LogP) is 4.56. The fourth-order valence-electron chi connectivity index (χ4n) is 4.10. The van der Waals surface area contributed by atoms with Gasteiger partial charge in [0.25, 0.3) is 0 Å². The average molecular weight is 344 g/mol. The molecule has 0 unspecified atom stereocenters. The molecule has 0 saturated carbocycles. The van der Waals surface area contributed by atoms with Crippen molar-refractivity contribution in [3.63, 3.8) is 0 Å². The van der Waals surface area contributed by atoms with E-state index in [9.17, 15) is 0 Å². The van der Waals surface area contributed by atoms with Crippen LogP contribution in [0.3, 0.4) is 0 Å². The lowest BCUT2D eigenvalue weighted by atomic mass is 9.92. The number of aromatic nitrogens is 1. The van der Waals surface area contributed by atoms with Crippen molar-refractivity contribution < 1.29 is 0 Å². The van der Waals surface area contributed by atoms with Crippen LogP contribution in [0.2, 0.25) is 0 Å². The summed E-state index contributed by atoms with van der Waals surface area (Å²) in [4.78, 5) is 7.58. The zero-order chi connectivity index (χ0) is 16.5. The van der Waals surface area contributed by atoms with E-state index < -0.39 is 0 Å². The Morgan fingerprint density at radius 1 is 1.29 bits per heavy atom. The SMILES string of the molecule is C[C@H]1CC[C@H](c2ccc3sc([C@H](C)CN4CCCC4)nc3c2)NC1. The molecule has 0 bridgehead atoms. The van der Waals surface area contributed by atoms with Crippen molar-refractivity contribution in [3.05, 3.63) is 28.8 Å². The van der Waals surface area contributed by atoms with E-state index in [0.717, 1.165) is 19.0 Å². The van der Waals surface area contributed by atoms with E-state index in [1.165, 1.54) is 59.6 Å². The molecular formula is C20H29N3S. The highest BCUT2D eigenvalue weighted by Crippen LogP contribution is 2.32. The van der Waals surface area contributed by atoms with Gasteiger partial charge >= 0.3 is 0 Å². The first-order chi connectivity index (χ1) is 11.7. The van der Waals surface area contributed by atoms with Gasteiger partial charge in [-0.1, -0.05) is 19.9 Å². The summed E-state index contributed by atoms with van der Waals surface area (Å²) in [7, 11) is 0. The molecule has 2 saturated heterocycles. The summed E-state index contributed by atoms with van der Waals surface area (Å²) in [5.74, 6) is 1.35. The van der Waals surface area contributed by atoms with Crippen LogP contribution >= 0.6 is 11.3 Å². The Kier molecular flexibility index (Phi) is 4.88. The van der Waals surface area contributed by atoms with Gasteiger partial charge in [-0.05, 0) is 68.9 Å². The van der Waals surface area contributed by atoms with Crippen molar-refractivity contribution in [2.24, 2.45) is 5.92 Å². The second-order valence-corrected chi connectivity index (χ2v) is 8.89. The average Bonchev–Trinajstić information content (AvgIpc) is 3.24. The van der Waals surface area contributed by atoms with E-state index in [0.29, 0.717) is 12.0 Å². The number of fused-ring (bicyclic) bond motifs is 1. The molecule has 1 aromatic carbocycles. The van der Waals surface area contributed by atoms with Gasteiger partial charge in [0.1, 0.15) is 0 Å². The number of benzene rings is 1. The first kappa shape index (κ1) is 16.5. The lowest BCUT2D eigenvalue weighted by molar-refractivity contribution is 0.320.